The van der Waals surface area contributed by atoms with Crippen LogP contribution in [-0.4, -0.2) is 33.5 Å². The third-order valence-electron chi connectivity index (χ3n) is 4.31. The van der Waals surface area contributed by atoms with Crippen molar-refractivity contribution < 1.29 is 9.90 Å². The zero-order valence-corrected chi connectivity index (χ0v) is 14.3. The SMILES string of the molecule is O=C(O)C1CCCCN1C(c1ccc(Br)cc1)c1ccccn1. The molecule has 1 fully saturated rings. The predicted molar refractivity (Wildman–Crippen MR) is 92.2 cm³/mol. The van der Waals surface area contributed by atoms with Crippen molar-refractivity contribution in [3.63, 3.8) is 0 Å². The first-order chi connectivity index (χ1) is 11.2. The topological polar surface area (TPSA) is 53.4 Å². The van der Waals surface area contributed by atoms with Crippen LogP contribution < -0.4 is 0 Å². The Morgan fingerprint density at radius 1 is 1.22 bits per heavy atom. The second-order valence-corrected chi connectivity index (χ2v) is 6.71. The highest BCUT2D eigenvalue weighted by atomic mass is 79.9. The quantitative estimate of drug-likeness (QED) is 0.882. The molecule has 1 N–H and O–H groups in total. The first kappa shape index (κ1) is 16.1. The molecule has 0 aliphatic carbocycles. The van der Waals surface area contributed by atoms with Gasteiger partial charge in [0.1, 0.15) is 6.04 Å². The van der Waals surface area contributed by atoms with Crippen molar-refractivity contribution in [3.05, 3.63) is 64.4 Å². The maximum Gasteiger partial charge on any atom is 0.320 e. The van der Waals surface area contributed by atoms with Crippen LogP contribution in [0.15, 0.2) is 53.1 Å². The Morgan fingerprint density at radius 3 is 2.65 bits per heavy atom. The van der Waals surface area contributed by atoms with E-state index in [0.717, 1.165) is 35.1 Å². The Labute approximate surface area is 144 Å². The fourth-order valence-corrected chi connectivity index (χ4v) is 3.51. The summed E-state index contributed by atoms with van der Waals surface area (Å²) in [7, 11) is 0. The summed E-state index contributed by atoms with van der Waals surface area (Å²) in [6.45, 7) is 0.772. The molecule has 1 aliphatic heterocycles. The molecule has 0 saturated carbocycles. The molecule has 1 aromatic carbocycles. The van der Waals surface area contributed by atoms with Crippen molar-refractivity contribution in [2.45, 2.75) is 31.3 Å². The maximum absolute atomic E-state index is 11.7. The van der Waals surface area contributed by atoms with E-state index in [1.165, 1.54) is 0 Å². The summed E-state index contributed by atoms with van der Waals surface area (Å²) in [5.74, 6) is -0.747. The first-order valence-electron chi connectivity index (χ1n) is 7.82. The van der Waals surface area contributed by atoms with Crippen LogP contribution in [0.3, 0.4) is 0 Å². The molecule has 1 aliphatic rings. The van der Waals surface area contributed by atoms with E-state index in [2.05, 4.69) is 25.8 Å². The Bertz CT molecular complexity index is 660. The van der Waals surface area contributed by atoms with Gasteiger partial charge in [-0.15, -0.1) is 0 Å². The highest BCUT2D eigenvalue weighted by Gasteiger charge is 2.35. The van der Waals surface area contributed by atoms with E-state index >= 15 is 0 Å². The van der Waals surface area contributed by atoms with Gasteiger partial charge in [0, 0.05) is 10.7 Å². The molecule has 2 unspecified atom stereocenters. The number of pyridine rings is 1. The summed E-state index contributed by atoms with van der Waals surface area (Å²) >= 11 is 3.46. The van der Waals surface area contributed by atoms with E-state index in [-0.39, 0.29) is 6.04 Å². The van der Waals surface area contributed by atoms with E-state index in [1.54, 1.807) is 6.20 Å². The van der Waals surface area contributed by atoms with Crippen LogP contribution in [0.1, 0.15) is 36.6 Å². The Hall–Kier alpha value is -1.72. The summed E-state index contributed by atoms with van der Waals surface area (Å²) in [6.07, 6.45) is 4.43. The molecule has 1 saturated heterocycles. The van der Waals surface area contributed by atoms with E-state index in [1.807, 2.05) is 42.5 Å². The fraction of sp³-hybridized carbons (Fsp3) is 0.333. The lowest BCUT2D eigenvalue weighted by molar-refractivity contribution is -0.145. The average molecular weight is 375 g/mol. The second-order valence-electron chi connectivity index (χ2n) is 5.80. The number of rotatable bonds is 4. The smallest absolute Gasteiger partial charge is 0.320 e. The molecule has 120 valence electrons. The van der Waals surface area contributed by atoms with Crippen molar-refractivity contribution in [2.24, 2.45) is 0 Å². The molecule has 1 aromatic heterocycles. The summed E-state index contributed by atoms with van der Waals surface area (Å²) in [6, 6.07) is 13.3. The van der Waals surface area contributed by atoms with Crippen LogP contribution in [0.25, 0.3) is 0 Å². The van der Waals surface area contributed by atoms with E-state index in [9.17, 15) is 9.90 Å². The molecule has 2 atom stereocenters. The third-order valence-corrected chi connectivity index (χ3v) is 4.84. The van der Waals surface area contributed by atoms with Gasteiger partial charge in [-0.25, -0.2) is 0 Å². The van der Waals surface area contributed by atoms with Crippen molar-refractivity contribution in [1.82, 2.24) is 9.88 Å². The highest BCUT2D eigenvalue weighted by molar-refractivity contribution is 9.10. The Balaban J connectivity index is 2.04. The summed E-state index contributed by atoms with van der Waals surface area (Å²) in [5, 5.41) is 9.63. The van der Waals surface area contributed by atoms with Gasteiger partial charge in [0.25, 0.3) is 0 Å². The van der Waals surface area contributed by atoms with Gasteiger partial charge in [0.05, 0.1) is 11.7 Å². The van der Waals surface area contributed by atoms with E-state index in [0.29, 0.717) is 6.42 Å². The molecule has 5 heteroatoms. The van der Waals surface area contributed by atoms with Gasteiger partial charge in [-0.05, 0) is 49.2 Å². The minimum atomic E-state index is -0.747. The van der Waals surface area contributed by atoms with Crippen LogP contribution in [0.5, 0.6) is 0 Å². The van der Waals surface area contributed by atoms with Gasteiger partial charge in [-0.2, -0.15) is 0 Å². The van der Waals surface area contributed by atoms with Crippen LogP contribution >= 0.6 is 15.9 Å². The van der Waals surface area contributed by atoms with Gasteiger partial charge >= 0.3 is 5.97 Å². The summed E-state index contributed by atoms with van der Waals surface area (Å²) in [4.78, 5) is 18.3. The molecule has 0 radical (unpaired) electrons. The number of likely N-dealkylation sites (tertiary alicyclic amines) is 1. The van der Waals surface area contributed by atoms with Crippen molar-refractivity contribution in [1.29, 1.82) is 0 Å². The van der Waals surface area contributed by atoms with E-state index < -0.39 is 12.0 Å². The fourth-order valence-electron chi connectivity index (χ4n) is 3.24. The number of hydrogen-bond donors (Lipinski definition) is 1. The lowest BCUT2D eigenvalue weighted by Crippen LogP contribution is -2.47. The zero-order chi connectivity index (χ0) is 16.2. The molecule has 0 spiro atoms. The lowest BCUT2D eigenvalue weighted by Gasteiger charge is -2.39. The van der Waals surface area contributed by atoms with Gasteiger partial charge in [-0.1, -0.05) is 40.5 Å². The standard InChI is InChI=1S/C18H19BrN2O2/c19-14-9-7-13(8-10-14)17(15-5-1-3-11-20-15)21-12-4-2-6-16(21)18(22)23/h1,3,5,7-11,16-17H,2,4,6,12H2,(H,22,23). The average Bonchev–Trinajstić information content (AvgIpc) is 2.58. The first-order valence-corrected chi connectivity index (χ1v) is 8.61. The number of carboxylic acid groups (broad SMARTS) is 1. The molecule has 0 amide bonds. The minimum absolute atomic E-state index is 0.134. The molecule has 2 heterocycles. The Morgan fingerprint density at radius 2 is 2.00 bits per heavy atom. The van der Waals surface area contributed by atoms with Crippen LogP contribution in [0.4, 0.5) is 0 Å². The normalized spacial score (nSPS) is 20.1. The maximum atomic E-state index is 11.7. The molecule has 2 aromatic rings. The number of aliphatic carboxylic acids is 1. The monoisotopic (exact) mass is 374 g/mol. The summed E-state index contributed by atoms with van der Waals surface area (Å²) in [5.41, 5.74) is 1.96. The molecular formula is C18H19BrN2O2. The third kappa shape index (κ3) is 3.62. The summed E-state index contributed by atoms with van der Waals surface area (Å²) < 4.78 is 1.01. The number of aromatic nitrogens is 1. The van der Waals surface area contributed by atoms with Crippen LogP contribution in [0.2, 0.25) is 0 Å². The second kappa shape index (κ2) is 7.23. The van der Waals surface area contributed by atoms with Crippen molar-refractivity contribution in [3.8, 4) is 0 Å². The number of hydrogen-bond acceptors (Lipinski definition) is 3. The van der Waals surface area contributed by atoms with Gasteiger partial charge in [-0.3, -0.25) is 14.7 Å². The van der Waals surface area contributed by atoms with Crippen molar-refractivity contribution in [2.75, 3.05) is 6.54 Å². The van der Waals surface area contributed by atoms with Crippen LogP contribution in [0, 0.1) is 0 Å². The number of carboxylic acids is 1. The highest BCUT2D eigenvalue weighted by Crippen LogP contribution is 2.33. The number of piperidine rings is 1. The molecule has 3 rings (SSSR count). The lowest BCUT2D eigenvalue weighted by atomic mass is 9.94. The number of halogens is 1. The van der Waals surface area contributed by atoms with Crippen LogP contribution in [-0.2, 0) is 4.79 Å². The largest absolute Gasteiger partial charge is 0.480 e. The van der Waals surface area contributed by atoms with Gasteiger partial charge in [0.2, 0.25) is 0 Å². The van der Waals surface area contributed by atoms with Gasteiger partial charge in [0.15, 0.2) is 0 Å². The molecular weight excluding hydrogens is 356 g/mol. The number of nitrogens with zero attached hydrogens (tertiary/aromatic N) is 2. The minimum Gasteiger partial charge on any atom is -0.480 e. The molecule has 23 heavy (non-hydrogen) atoms. The molecule has 4 nitrogen and oxygen atoms in total. The zero-order valence-electron chi connectivity index (χ0n) is 12.7. The predicted octanol–water partition coefficient (Wildman–Crippen LogP) is 3.87. The number of benzene rings is 1. The van der Waals surface area contributed by atoms with E-state index in [4.69, 9.17) is 0 Å². The van der Waals surface area contributed by atoms with Crippen molar-refractivity contribution >= 4 is 21.9 Å². The number of carbonyl (C=O) groups is 1. The Kier molecular flexibility index (Phi) is 5.08. The van der Waals surface area contributed by atoms with Gasteiger partial charge < -0.3 is 5.11 Å². The molecule has 0 bridgehead atoms.